The summed E-state index contributed by atoms with van der Waals surface area (Å²) < 4.78 is 0. The Morgan fingerprint density at radius 1 is 0.926 bits per heavy atom. The van der Waals surface area contributed by atoms with Crippen LogP contribution in [0.5, 0.6) is 0 Å². The normalized spacial score (nSPS) is 11.1. The van der Waals surface area contributed by atoms with Gasteiger partial charge in [-0.05, 0) is 55.5 Å². The molecule has 6 heteroatoms. The van der Waals surface area contributed by atoms with Crippen molar-refractivity contribution in [1.29, 1.82) is 0 Å². The van der Waals surface area contributed by atoms with Crippen LogP contribution in [0.2, 0.25) is 0 Å². The van der Waals surface area contributed by atoms with E-state index >= 15 is 0 Å². The third-order valence-corrected chi connectivity index (χ3v) is 4.52. The summed E-state index contributed by atoms with van der Waals surface area (Å²) in [5, 5.41) is 8.93. The molecule has 0 spiro atoms. The van der Waals surface area contributed by atoms with Gasteiger partial charge < -0.3 is 20.6 Å². The highest BCUT2D eigenvalue weighted by atomic mass is 15.1. The van der Waals surface area contributed by atoms with E-state index in [9.17, 15) is 0 Å². The van der Waals surface area contributed by atoms with Crippen molar-refractivity contribution in [2.45, 2.75) is 6.92 Å². The minimum Gasteiger partial charge on any atom is -0.361 e. The van der Waals surface area contributed by atoms with Gasteiger partial charge in [0, 0.05) is 45.6 Å². The molecule has 0 saturated heterocycles. The van der Waals surface area contributed by atoms with E-state index in [1.54, 1.807) is 6.20 Å². The van der Waals surface area contributed by atoms with Crippen molar-refractivity contribution in [2.24, 2.45) is 0 Å². The van der Waals surface area contributed by atoms with Gasteiger partial charge >= 0.3 is 0 Å². The zero-order chi connectivity index (χ0) is 18.2. The zero-order valence-corrected chi connectivity index (χ0v) is 14.7. The Morgan fingerprint density at radius 3 is 2.85 bits per heavy atom. The molecule has 27 heavy (non-hydrogen) atoms. The van der Waals surface area contributed by atoms with Crippen molar-refractivity contribution >= 4 is 44.9 Å². The van der Waals surface area contributed by atoms with Gasteiger partial charge in [-0.1, -0.05) is 6.07 Å². The number of nitrogens with zero attached hydrogens (tertiary/aromatic N) is 2. The van der Waals surface area contributed by atoms with E-state index in [1.807, 2.05) is 42.6 Å². The fourth-order valence-corrected chi connectivity index (χ4v) is 3.31. The number of hydrogen-bond donors (Lipinski definition) is 4. The molecule has 2 aromatic carbocycles. The molecule has 0 aliphatic rings. The number of H-pyrrole nitrogens is 2. The minimum absolute atomic E-state index is 0.548. The van der Waals surface area contributed by atoms with Gasteiger partial charge in [-0.15, -0.1) is 0 Å². The van der Waals surface area contributed by atoms with Crippen LogP contribution < -0.4 is 10.6 Å². The Bertz CT molecular complexity index is 1250. The molecule has 0 bridgehead atoms. The summed E-state index contributed by atoms with van der Waals surface area (Å²) in [7, 11) is 0. The smallest absolute Gasteiger partial charge is 0.229 e. The fraction of sp³-hybridized carbons (Fsp3) is 0.0476. The molecule has 5 rings (SSSR count). The van der Waals surface area contributed by atoms with Crippen LogP contribution in [0.4, 0.5) is 23.1 Å². The Morgan fingerprint density at radius 2 is 1.89 bits per heavy atom. The molecule has 5 aromatic rings. The number of aromatic amines is 2. The first-order valence-electron chi connectivity index (χ1n) is 8.77. The fourth-order valence-electron chi connectivity index (χ4n) is 3.31. The van der Waals surface area contributed by atoms with Crippen LogP contribution in [-0.2, 0) is 0 Å². The lowest BCUT2D eigenvalue weighted by atomic mass is 10.2. The maximum atomic E-state index is 4.59. The van der Waals surface area contributed by atoms with Gasteiger partial charge in [0.25, 0.3) is 0 Å². The first-order valence-corrected chi connectivity index (χ1v) is 8.77. The summed E-state index contributed by atoms with van der Waals surface area (Å²) in [5.74, 6) is 1.28. The maximum Gasteiger partial charge on any atom is 0.229 e. The Labute approximate surface area is 155 Å². The first-order chi connectivity index (χ1) is 13.2. The van der Waals surface area contributed by atoms with Crippen LogP contribution in [0.3, 0.4) is 0 Å². The van der Waals surface area contributed by atoms with Gasteiger partial charge in [0.1, 0.15) is 5.82 Å². The number of nitrogens with one attached hydrogen (secondary N) is 4. The molecule has 0 unspecified atom stereocenters. The average molecular weight is 354 g/mol. The lowest BCUT2D eigenvalue weighted by molar-refractivity contribution is 1.17. The van der Waals surface area contributed by atoms with Gasteiger partial charge in [-0.2, -0.15) is 4.98 Å². The summed E-state index contributed by atoms with van der Waals surface area (Å²) in [4.78, 5) is 15.5. The Kier molecular flexibility index (Phi) is 3.53. The predicted molar refractivity (Wildman–Crippen MR) is 110 cm³/mol. The first kappa shape index (κ1) is 15.5. The van der Waals surface area contributed by atoms with Crippen molar-refractivity contribution in [1.82, 2.24) is 19.9 Å². The maximum absolute atomic E-state index is 4.59. The molecular formula is C21H18N6. The van der Waals surface area contributed by atoms with E-state index in [0.29, 0.717) is 5.95 Å². The molecule has 132 valence electrons. The van der Waals surface area contributed by atoms with Gasteiger partial charge in [0.15, 0.2) is 0 Å². The number of aromatic nitrogens is 4. The van der Waals surface area contributed by atoms with Gasteiger partial charge in [0.05, 0.1) is 5.69 Å². The number of anilines is 4. The van der Waals surface area contributed by atoms with E-state index in [2.05, 4.69) is 55.7 Å². The van der Waals surface area contributed by atoms with Crippen LogP contribution >= 0.6 is 0 Å². The Hall–Kier alpha value is -3.80. The molecule has 0 fully saturated rings. The van der Waals surface area contributed by atoms with E-state index in [4.69, 9.17) is 0 Å². The second-order valence-corrected chi connectivity index (χ2v) is 6.51. The quantitative estimate of drug-likeness (QED) is 0.356. The van der Waals surface area contributed by atoms with E-state index in [0.717, 1.165) is 39.3 Å². The second kappa shape index (κ2) is 6.17. The molecular weight excluding hydrogens is 336 g/mol. The molecule has 0 saturated carbocycles. The Balaban J connectivity index is 1.42. The number of rotatable bonds is 4. The van der Waals surface area contributed by atoms with Crippen molar-refractivity contribution in [2.75, 3.05) is 10.6 Å². The van der Waals surface area contributed by atoms with Gasteiger partial charge in [0.2, 0.25) is 5.95 Å². The molecule has 0 aliphatic heterocycles. The lowest BCUT2D eigenvalue weighted by Crippen LogP contribution is -2.00. The summed E-state index contributed by atoms with van der Waals surface area (Å²) in [6.45, 7) is 2.06. The molecule has 0 amide bonds. The number of hydrogen-bond acceptors (Lipinski definition) is 4. The molecule has 0 atom stereocenters. The molecule has 3 aromatic heterocycles. The van der Waals surface area contributed by atoms with Crippen LogP contribution in [0.1, 0.15) is 5.69 Å². The number of fused-ring (bicyclic) bond motifs is 2. The average Bonchev–Trinajstić information content (AvgIpc) is 3.28. The van der Waals surface area contributed by atoms with Crippen molar-refractivity contribution in [3.63, 3.8) is 0 Å². The topological polar surface area (TPSA) is 81.4 Å². The summed E-state index contributed by atoms with van der Waals surface area (Å²) >= 11 is 0. The van der Waals surface area contributed by atoms with Crippen LogP contribution in [0, 0.1) is 6.92 Å². The van der Waals surface area contributed by atoms with Crippen molar-refractivity contribution < 1.29 is 0 Å². The van der Waals surface area contributed by atoms with Crippen molar-refractivity contribution in [3.05, 3.63) is 72.7 Å². The lowest BCUT2D eigenvalue weighted by Gasteiger charge is -2.09. The second-order valence-electron chi connectivity index (χ2n) is 6.51. The summed E-state index contributed by atoms with van der Waals surface area (Å²) in [6, 6.07) is 18.3. The highest BCUT2D eigenvalue weighted by Crippen LogP contribution is 2.26. The van der Waals surface area contributed by atoms with E-state index in [1.165, 1.54) is 5.39 Å². The van der Waals surface area contributed by atoms with Crippen LogP contribution in [0.25, 0.3) is 21.8 Å². The minimum atomic E-state index is 0.548. The molecule has 0 radical (unpaired) electrons. The van der Waals surface area contributed by atoms with Gasteiger partial charge in [-0.25, -0.2) is 4.98 Å². The molecule has 6 nitrogen and oxygen atoms in total. The third-order valence-electron chi connectivity index (χ3n) is 4.52. The molecule has 3 heterocycles. The van der Waals surface area contributed by atoms with Crippen LogP contribution in [0.15, 0.2) is 67.0 Å². The van der Waals surface area contributed by atoms with E-state index in [-0.39, 0.29) is 0 Å². The standard InChI is InChI=1S/C21H18N6/c1-13-11-14-12-15(5-6-17(14)24-13)25-20-8-10-23-21(27-20)26-19-4-2-3-18-16(19)7-9-22-18/h2-12,22,24H,1H3,(H2,23,25,26,27). The molecule has 0 aliphatic carbocycles. The molecule has 4 N–H and O–H groups in total. The zero-order valence-electron chi connectivity index (χ0n) is 14.7. The van der Waals surface area contributed by atoms with Crippen molar-refractivity contribution in [3.8, 4) is 0 Å². The highest BCUT2D eigenvalue weighted by molar-refractivity contribution is 5.93. The monoisotopic (exact) mass is 354 g/mol. The summed E-state index contributed by atoms with van der Waals surface area (Å²) in [6.07, 6.45) is 3.67. The third kappa shape index (κ3) is 2.97. The largest absolute Gasteiger partial charge is 0.361 e. The summed E-state index contributed by atoms with van der Waals surface area (Å²) in [5.41, 5.74) is 5.30. The van der Waals surface area contributed by atoms with E-state index < -0.39 is 0 Å². The number of aryl methyl sites for hydroxylation is 1. The predicted octanol–water partition coefficient (Wildman–Crippen LogP) is 5.23. The number of benzene rings is 2. The van der Waals surface area contributed by atoms with Gasteiger partial charge in [-0.3, -0.25) is 0 Å². The highest BCUT2D eigenvalue weighted by Gasteiger charge is 2.06. The van der Waals surface area contributed by atoms with Crippen LogP contribution in [-0.4, -0.2) is 19.9 Å². The SMILES string of the molecule is Cc1cc2cc(Nc3ccnc(Nc4cccc5[nH]ccc45)n3)ccc2[nH]1.